The maximum atomic E-state index is 13.3. The van der Waals surface area contributed by atoms with Crippen LogP contribution in [0.15, 0.2) is 36.4 Å². The molecule has 0 unspecified atom stereocenters. The van der Waals surface area contributed by atoms with Crippen LogP contribution >= 0.6 is 0 Å². The van der Waals surface area contributed by atoms with Crippen molar-refractivity contribution in [3.05, 3.63) is 53.6 Å². The third-order valence-electron chi connectivity index (χ3n) is 4.04. The molecular formula is C20H22F2N2O4. The fourth-order valence-corrected chi connectivity index (χ4v) is 2.49. The molecular weight excluding hydrogens is 370 g/mol. The van der Waals surface area contributed by atoms with E-state index in [1.165, 1.54) is 32.4 Å². The summed E-state index contributed by atoms with van der Waals surface area (Å²) in [5.74, 6) is -2.55. The molecule has 2 N–H and O–H groups in total. The molecule has 0 saturated carbocycles. The van der Waals surface area contributed by atoms with E-state index in [0.29, 0.717) is 11.5 Å². The molecule has 0 spiro atoms. The zero-order valence-electron chi connectivity index (χ0n) is 16.0. The molecule has 2 amide bonds. The van der Waals surface area contributed by atoms with Crippen molar-refractivity contribution in [2.75, 3.05) is 19.5 Å². The van der Waals surface area contributed by atoms with Gasteiger partial charge in [0.15, 0.2) is 11.6 Å². The minimum atomic E-state index is -1.08. The van der Waals surface area contributed by atoms with E-state index in [1.54, 1.807) is 19.9 Å². The lowest BCUT2D eigenvalue weighted by atomic mass is 10.0. The Balaban J connectivity index is 2.18. The maximum absolute atomic E-state index is 13.3. The van der Waals surface area contributed by atoms with Gasteiger partial charge in [0.25, 0.3) is 5.91 Å². The molecule has 2 rings (SSSR count). The molecule has 0 aliphatic heterocycles. The number of rotatable bonds is 7. The number of amides is 2. The molecule has 2 aromatic carbocycles. The van der Waals surface area contributed by atoms with Crippen LogP contribution < -0.4 is 20.1 Å². The quantitative estimate of drug-likeness (QED) is 0.758. The summed E-state index contributed by atoms with van der Waals surface area (Å²) in [6.07, 6.45) is 0. The average Bonchev–Trinajstić information content (AvgIpc) is 2.67. The molecule has 0 aromatic heterocycles. The van der Waals surface area contributed by atoms with Gasteiger partial charge >= 0.3 is 0 Å². The number of methoxy groups -OCH3 is 2. The fraction of sp³-hybridized carbons (Fsp3) is 0.300. The summed E-state index contributed by atoms with van der Waals surface area (Å²) in [6.45, 7) is 3.50. The third kappa shape index (κ3) is 5.18. The first-order valence-corrected chi connectivity index (χ1v) is 8.55. The number of ether oxygens (including phenoxy) is 2. The van der Waals surface area contributed by atoms with Crippen LogP contribution in [0.5, 0.6) is 11.5 Å². The molecule has 0 aliphatic carbocycles. The smallest absolute Gasteiger partial charge is 0.252 e. The van der Waals surface area contributed by atoms with Crippen molar-refractivity contribution in [3.8, 4) is 11.5 Å². The van der Waals surface area contributed by atoms with E-state index in [-0.39, 0.29) is 17.2 Å². The Kier molecular flexibility index (Phi) is 6.92. The molecule has 6 nitrogen and oxygen atoms in total. The van der Waals surface area contributed by atoms with E-state index in [0.717, 1.165) is 12.1 Å². The van der Waals surface area contributed by atoms with Gasteiger partial charge in [0.1, 0.15) is 17.5 Å². The van der Waals surface area contributed by atoms with E-state index in [2.05, 4.69) is 10.6 Å². The first-order chi connectivity index (χ1) is 13.2. The topological polar surface area (TPSA) is 76.7 Å². The summed E-state index contributed by atoms with van der Waals surface area (Å²) in [6, 6.07) is 6.77. The van der Waals surface area contributed by atoms with Gasteiger partial charge in [-0.15, -0.1) is 0 Å². The largest absolute Gasteiger partial charge is 0.497 e. The number of carbonyl (C=O) groups excluding carboxylic acids is 2. The molecule has 0 aliphatic rings. The van der Waals surface area contributed by atoms with Gasteiger partial charge in [0.05, 0.1) is 14.2 Å². The number of hydrogen-bond acceptors (Lipinski definition) is 4. The summed E-state index contributed by atoms with van der Waals surface area (Å²) in [4.78, 5) is 25.2. The Hall–Kier alpha value is -3.16. The third-order valence-corrected chi connectivity index (χ3v) is 4.04. The summed E-state index contributed by atoms with van der Waals surface area (Å²) in [5, 5.41) is 5.14. The van der Waals surface area contributed by atoms with Crippen LogP contribution in [0.2, 0.25) is 0 Å². The highest BCUT2D eigenvalue weighted by Gasteiger charge is 2.25. The van der Waals surface area contributed by atoms with Crippen molar-refractivity contribution < 1.29 is 27.8 Å². The van der Waals surface area contributed by atoms with Crippen molar-refractivity contribution in [2.45, 2.75) is 19.9 Å². The monoisotopic (exact) mass is 392 g/mol. The predicted octanol–water partition coefficient (Wildman–Crippen LogP) is 3.38. The molecule has 150 valence electrons. The van der Waals surface area contributed by atoms with Crippen LogP contribution in [-0.2, 0) is 4.79 Å². The molecule has 0 saturated heterocycles. The molecule has 0 fully saturated rings. The lowest BCUT2D eigenvalue weighted by Gasteiger charge is -2.22. The van der Waals surface area contributed by atoms with Crippen LogP contribution in [0, 0.1) is 17.6 Å². The highest BCUT2D eigenvalue weighted by molar-refractivity contribution is 6.01. The zero-order valence-corrected chi connectivity index (χ0v) is 16.0. The summed E-state index contributed by atoms with van der Waals surface area (Å²) < 4.78 is 36.7. The normalized spacial score (nSPS) is 11.7. The van der Waals surface area contributed by atoms with Gasteiger partial charge in [0, 0.05) is 23.4 Å². The van der Waals surface area contributed by atoms with Crippen molar-refractivity contribution in [2.24, 2.45) is 5.92 Å². The highest BCUT2D eigenvalue weighted by atomic mass is 19.2. The van der Waals surface area contributed by atoms with Crippen LogP contribution in [0.1, 0.15) is 24.2 Å². The number of nitrogens with one attached hydrogen (secondary N) is 2. The molecule has 1 atom stereocenters. The Morgan fingerprint density at radius 1 is 0.929 bits per heavy atom. The minimum Gasteiger partial charge on any atom is -0.497 e. The van der Waals surface area contributed by atoms with Crippen molar-refractivity contribution >= 4 is 17.5 Å². The van der Waals surface area contributed by atoms with Gasteiger partial charge in [-0.3, -0.25) is 9.59 Å². The SMILES string of the molecule is COc1cc(OC)cc(C(=O)N[C@H](C(=O)Nc2ccc(F)c(F)c2)C(C)C)c1. The number of anilines is 1. The first kappa shape index (κ1) is 21.1. The van der Waals surface area contributed by atoms with E-state index < -0.39 is 29.5 Å². The van der Waals surface area contributed by atoms with Crippen LogP contribution in [0.4, 0.5) is 14.5 Å². The molecule has 0 heterocycles. The fourth-order valence-electron chi connectivity index (χ4n) is 2.49. The van der Waals surface area contributed by atoms with Gasteiger partial charge in [-0.05, 0) is 30.2 Å². The number of hydrogen-bond donors (Lipinski definition) is 2. The maximum Gasteiger partial charge on any atom is 0.252 e. The second-order valence-electron chi connectivity index (χ2n) is 6.41. The van der Waals surface area contributed by atoms with Crippen LogP contribution in [-0.4, -0.2) is 32.1 Å². The molecule has 8 heteroatoms. The van der Waals surface area contributed by atoms with E-state index in [9.17, 15) is 18.4 Å². The first-order valence-electron chi connectivity index (χ1n) is 8.55. The van der Waals surface area contributed by atoms with Crippen LogP contribution in [0.3, 0.4) is 0 Å². The lowest BCUT2D eigenvalue weighted by molar-refractivity contribution is -0.118. The van der Waals surface area contributed by atoms with Crippen LogP contribution in [0.25, 0.3) is 0 Å². The number of carbonyl (C=O) groups is 2. The standard InChI is InChI=1S/C20H22F2N2O4/c1-11(2)18(20(26)23-13-5-6-16(21)17(22)9-13)24-19(25)12-7-14(27-3)10-15(8-12)28-4/h5-11,18H,1-4H3,(H,23,26)(H,24,25)/t18-/m0/s1. The summed E-state index contributed by atoms with van der Waals surface area (Å²) in [5.41, 5.74) is 0.342. The Morgan fingerprint density at radius 3 is 2.04 bits per heavy atom. The Labute approximate surface area is 161 Å². The van der Waals surface area contributed by atoms with E-state index in [4.69, 9.17) is 9.47 Å². The van der Waals surface area contributed by atoms with Gasteiger partial charge < -0.3 is 20.1 Å². The second-order valence-corrected chi connectivity index (χ2v) is 6.41. The van der Waals surface area contributed by atoms with Gasteiger partial charge in [-0.25, -0.2) is 8.78 Å². The zero-order chi connectivity index (χ0) is 20.8. The average molecular weight is 392 g/mol. The molecule has 0 bridgehead atoms. The predicted molar refractivity (Wildman–Crippen MR) is 101 cm³/mol. The van der Waals surface area contributed by atoms with Crippen molar-refractivity contribution in [1.82, 2.24) is 5.32 Å². The molecule has 0 radical (unpaired) electrons. The summed E-state index contributed by atoms with van der Waals surface area (Å²) >= 11 is 0. The van der Waals surface area contributed by atoms with Gasteiger partial charge in [-0.2, -0.15) is 0 Å². The lowest BCUT2D eigenvalue weighted by Crippen LogP contribution is -2.47. The van der Waals surface area contributed by atoms with E-state index >= 15 is 0 Å². The van der Waals surface area contributed by atoms with E-state index in [1.807, 2.05) is 0 Å². The highest BCUT2D eigenvalue weighted by Crippen LogP contribution is 2.23. The number of benzene rings is 2. The number of halogens is 2. The second kappa shape index (κ2) is 9.16. The Morgan fingerprint density at radius 2 is 1.54 bits per heavy atom. The van der Waals surface area contributed by atoms with Gasteiger partial charge in [0.2, 0.25) is 5.91 Å². The molecule has 2 aromatic rings. The van der Waals surface area contributed by atoms with Gasteiger partial charge in [-0.1, -0.05) is 13.8 Å². The Bertz CT molecular complexity index is 849. The summed E-state index contributed by atoms with van der Waals surface area (Å²) in [7, 11) is 2.92. The van der Waals surface area contributed by atoms with Crippen molar-refractivity contribution in [3.63, 3.8) is 0 Å². The molecule has 28 heavy (non-hydrogen) atoms. The minimum absolute atomic E-state index is 0.0897. The van der Waals surface area contributed by atoms with Crippen molar-refractivity contribution in [1.29, 1.82) is 0 Å².